The topological polar surface area (TPSA) is 20.3 Å². The van der Waals surface area contributed by atoms with Gasteiger partial charge >= 0.3 is 0 Å². The van der Waals surface area contributed by atoms with Crippen LogP contribution >= 0.6 is 0 Å². The van der Waals surface area contributed by atoms with Crippen molar-refractivity contribution in [1.29, 1.82) is 0 Å². The number of benzene rings is 1. The second-order valence-corrected chi connectivity index (χ2v) is 4.93. The summed E-state index contributed by atoms with van der Waals surface area (Å²) in [6, 6.07) is 6.24. The molecule has 0 aliphatic carbocycles. The van der Waals surface area contributed by atoms with E-state index in [0.29, 0.717) is 0 Å². The van der Waals surface area contributed by atoms with Gasteiger partial charge in [-0.1, -0.05) is 30.4 Å². The largest absolute Gasteiger partial charge is 0.310 e. The highest BCUT2D eigenvalue weighted by molar-refractivity contribution is 6.11. The average Bonchev–Trinajstić information content (AvgIpc) is 2.77. The first-order chi connectivity index (χ1) is 7.56. The first-order valence-corrected chi connectivity index (χ1v) is 5.67. The quantitative estimate of drug-likeness (QED) is 0.656. The van der Waals surface area contributed by atoms with Gasteiger partial charge in [0.05, 0.1) is 11.1 Å². The summed E-state index contributed by atoms with van der Waals surface area (Å²) < 4.78 is 0. The van der Waals surface area contributed by atoms with Gasteiger partial charge in [0, 0.05) is 6.54 Å². The molecule has 0 saturated carbocycles. The van der Waals surface area contributed by atoms with Crippen LogP contribution in [0, 0.1) is 0 Å². The van der Waals surface area contributed by atoms with E-state index in [1.165, 1.54) is 5.56 Å². The van der Waals surface area contributed by atoms with Crippen molar-refractivity contribution in [3.8, 4) is 0 Å². The Hall–Kier alpha value is -1.57. The van der Waals surface area contributed by atoms with Crippen LogP contribution in [-0.2, 0) is 16.6 Å². The zero-order chi connectivity index (χ0) is 11.5. The van der Waals surface area contributed by atoms with E-state index in [4.69, 9.17) is 0 Å². The van der Waals surface area contributed by atoms with Gasteiger partial charge in [0.15, 0.2) is 0 Å². The molecular formula is C14H15NO. The Morgan fingerprint density at radius 2 is 2.25 bits per heavy atom. The van der Waals surface area contributed by atoms with Crippen LogP contribution in [0.4, 0.5) is 5.69 Å². The molecule has 0 N–H and O–H groups in total. The zero-order valence-electron chi connectivity index (χ0n) is 9.71. The lowest BCUT2D eigenvalue weighted by molar-refractivity contribution is -0.121. The smallest absolute Gasteiger partial charge is 0.241 e. The first kappa shape index (κ1) is 9.64. The molecule has 1 atom stereocenters. The highest BCUT2D eigenvalue weighted by Gasteiger charge is 2.50. The van der Waals surface area contributed by atoms with Gasteiger partial charge in [0.1, 0.15) is 0 Å². The van der Waals surface area contributed by atoms with Crippen molar-refractivity contribution in [3.63, 3.8) is 0 Å². The van der Waals surface area contributed by atoms with Crippen LogP contribution in [0.1, 0.15) is 25.0 Å². The summed E-state index contributed by atoms with van der Waals surface area (Å²) in [5.41, 5.74) is 4.01. The minimum Gasteiger partial charge on any atom is -0.310 e. The monoisotopic (exact) mass is 213 g/mol. The van der Waals surface area contributed by atoms with Crippen molar-refractivity contribution in [3.05, 3.63) is 41.5 Å². The van der Waals surface area contributed by atoms with E-state index in [-0.39, 0.29) is 5.91 Å². The summed E-state index contributed by atoms with van der Waals surface area (Å²) in [5.74, 6) is 0.194. The van der Waals surface area contributed by atoms with Gasteiger partial charge in [-0.25, -0.2) is 0 Å². The summed E-state index contributed by atoms with van der Waals surface area (Å²) >= 11 is 0. The number of carbonyl (C=O) groups is 1. The molecule has 1 aromatic rings. The number of anilines is 1. The van der Waals surface area contributed by atoms with Gasteiger partial charge in [-0.05, 0) is 31.4 Å². The van der Waals surface area contributed by atoms with Crippen LogP contribution in [0.15, 0.2) is 30.4 Å². The second kappa shape index (κ2) is 2.76. The third-order valence-corrected chi connectivity index (χ3v) is 4.06. The summed E-state index contributed by atoms with van der Waals surface area (Å²) in [7, 11) is 0. The Labute approximate surface area is 95.6 Å². The van der Waals surface area contributed by atoms with Crippen molar-refractivity contribution < 1.29 is 4.79 Å². The van der Waals surface area contributed by atoms with E-state index in [2.05, 4.69) is 24.8 Å². The molecule has 2 nitrogen and oxygen atoms in total. The van der Waals surface area contributed by atoms with Crippen LogP contribution < -0.4 is 4.90 Å². The van der Waals surface area contributed by atoms with E-state index in [1.807, 2.05) is 18.7 Å². The van der Waals surface area contributed by atoms with Gasteiger partial charge in [-0.3, -0.25) is 4.79 Å². The predicted octanol–water partition coefficient (Wildman–Crippen LogP) is 2.42. The van der Waals surface area contributed by atoms with Gasteiger partial charge in [0.2, 0.25) is 5.91 Å². The zero-order valence-corrected chi connectivity index (χ0v) is 9.71. The third-order valence-electron chi connectivity index (χ3n) is 4.06. The maximum absolute atomic E-state index is 12.5. The fourth-order valence-electron chi connectivity index (χ4n) is 2.86. The molecule has 1 amide bonds. The normalized spacial score (nSPS) is 26.1. The molecule has 0 bridgehead atoms. The van der Waals surface area contributed by atoms with Crippen molar-refractivity contribution in [1.82, 2.24) is 0 Å². The summed E-state index contributed by atoms with van der Waals surface area (Å²) in [6.07, 6.45) is 0.987. The average molecular weight is 213 g/mol. The molecule has 0 radical (unpaired) electrons. The number of carbonyl (C=O) groups excluding carboxylic acids is 1. The Kier molecular flexibility index (Phi) is 1.66. The minimum absolute atomic E-state index is 0.194. The van der Waals surface area contributed by atoms with E-state index < -0.39 is 5.41 Å². The molecule has 1 aromatic carbocycles. The predicted molar refractivity (Wildman–Crippen MR) is 64.7 cm³/mol. The summed E-state index contributed by atoms with van der Waals surface area (Å²) in [6.45, 7) is 8.76. The maximum atomic E-state index is 12.5. The molecule has 2 aliphatic heterocycles. The number of rotatable bonds is 1. The van der Waals surface area contributed by atoms with Crippen LogP contribution in [0.25, 0.3) is 0 Å². The van der Waals surface area contributed by atoms with E-state index in [0.717, 1.165) is 29.8 Å². The standard InChI is InChI=1S/C14H15NO/c1-9(2)14(3)11-6-4-5-10-7-8-15(12(10)11)13(14)16/h4-6H,1,7-8H2,2-3H3. The van der Waals surface area contributed by atoms with Gasteiger partial charge in [-0.15, -0.1) is 0 Å². The first-order valence-electron chi connectivity index (χ1n) is 5.67. The van der Waals surface area contributed by atoms with E-state index in [9.17, 15) is 4.79 Å². The minimum atomic E-state index is -0.508. The third kappa shape index (κ3) is 0.861. The van der Waals surface area contributed by atoms with Crippen molar-refractivity contribution in [2.45, 2.75) is 25.7 Å². The lowest BCUT2D eigenvalue weighted by Gasteiger charge is -2.24. The molecule has 3 rings (SSSR count). The number of hydrogen-bond acceptors (Lipinski definition) is 1. The van der Waals surface area contributed by atoms with Crippen molar-refractivity contribution >= 4 is 11.6 Å². The second-order valence-electron chi connectivity index (χ2n) is 4.93. The molecule has 2 heterocycles. The van der Waals surface area contributed by atoms with Gasteiger partial charge in [0.25, 0.3) is 0 Å². The molecule has 0 saturated heterocycles. The number of amides is 1. The number of nitrogens with zero attached hydrogens (tertiary/aromatic N) is 1. The van der Waals surface area contributed by atoms with Crippen LogP contribution in [0.3, 0.4) is 0 Å². The molecule has 2 aliphatic rings. The Morgan fingerprint density at radius 3 is 2.94 bits per heavy atom. The SMILES string of the molecule is C=C(C)C1(C)C(=O)N2CCc3cccc1c32. The lowest BCUT2D eigenvalue weighted by Crippen LogP contribution is -2.38. The Bertz CT molecular complexity index is 517. The Balaban J connectivity index is 2.34. The molecule has 1 unspecified atom stereocenters. The van der Waals surface area contributed by atoms with Crippen LogP contribution in [-0.4, -0.2) is 12.5 Å². The Morgan fingerprint density at radius 1 is 1.50 bits per heavy atom. The number of para-hydroxylation sites is 1. The summed E-state index contributed by atoms with van der Waals surface area (Å²) in [5, 5.41) is 0. The highest BCUT2D eigenvalue weighted by atomic mass is 16.2. The van der Waals surface area contributed by atoms with Gasteiger partial charge in [-0.2, -0.15) is 0 Å². The van der Waals surface area contributed by atoms with Gasteiger partial charge < -0.3 is 4.90 Å². The molecule has 0 fully saturated rings. The lowest BCUT2D eigenvalue weighted by atomic mass is 9.77. The van der Waals surface area contributed by atoms with Crippen molar-refractivity contribution in [2.24, 2.45) is 0 Å². The van der Waals surface area contributed by atoms with E-state index in [1.54, 1.807) is 0 Å². The van der Waals surface area contributed by atoms with Crippen LogP contribution in [0.2, 0.25) is 0 Å². The maximum Gasteiger partial charge on any atom is 0.241 e. The molecule has 2 heteroatoms. The van der Waals surface area contributed by atoms with E-state index >= 15 is 0 Å². The van der Waals surface area contributed by atoms with Crippen LogP contribution in [0.5, 0.6) is 0 Å². The number of hydrogen-bond donors (Lipinski definition) is 0. The molecule has 0 aromatic heterocycles. The molecule has 0 spiro atoms. The molecule has 16 heavy (non-hydrogen) atoms. The van der Waals surface area contributed by atoms with Crippen molar-refractivity contribution in [2.75, 3.05) is 11.4 Å². The fourth-order valence-corrected chi connectivity index (χ4v) is 2.86. The summed E-state index contributed by atoms with van der Waals surface area (Å²) in [4.78, 5) is 14.4. The highest BCUT2D eigenvalue weighted by Crippen LogP contribution is 2.49. The molecule has 82 valence electrons. The fraction of sp³-hybridized carbons (Fsp3) is 0.357. The molecular weight excluding hydrogens is 198 g/mol.